The molecule has 0 unspecified atom stereocenters. The van der Waals surface area contributed by atoms with E-state index in [1.807, 2.05) is 54.6 Å². The topological polar surface area (TPSA) is 51.8 Å². The summed E-state index contributed by atoms with van der Waals surface area (Å²) in [6, 6.07) is 57.0. The van der Waals surface area contributed by atoms with E-state index in [0.717, 1.165) is 55.1 Å². The molecule has 0 aliphatic carbocycles. The second-order valence-corrected chi connectivity index (χ2v) is 12.4. The number of hydrogen-bond acceptors (Lipinski definition) is 4. The number of benzene rings is 8. The molecule has 0 N–H and O–H groups in total. The van der Waals surface area contributed by atoms with Gasteiger partial charge < -0.3 is 4.42 Å². The number of fused-ring (bicyclic) bond motifs is 8. The maximum Gasteiger partial charge on any atom is 0.164 e. The molecule has 0 amide bonds. The Balaban J connectivity index is 1.09. The minimum Gasteiger partial charge on any atom is -0.456 e. The highest BCUT2D eigenvalue weighted by atomic mass is 16.3. The average Bonchev–Trinajstić information content (AvgIpc) is 3.57. The minimum atomic E-state index is 0.632. The van der Waals surface area contributed by atoms with Gasteiger partial charge in [-0.15, -0.1) is 0 Å². The predicted molar refractivity (Wildman–Crippen MR) is 201 cm³/mol. The second-order valence-electron chi connectivity index (χ2n) is 12.4. The smallest absolute Gasteiger partial charge is 0.164 e. The number of furan rings is 1. The Morgan fingerprint density at radius 3 is 1.67 bits per heavy atom. The second kappa shape index (κ2) is 11.0. The van der Waals surface area contributed by atoms with Crippen molar-refractivity contribution >= 4 is 54.3 Å². The third-order valence-corrected chi connectivity index (χ3v) is 9.52. The lowest BCUT2D eigenvalue weighted by Gasteiger charge is -2.11. The van der Waals surface area contributed by atoms with Gasteiger partial charge in [0.1, 0.15) is 11.2 Å². The number of para-hydroxylation sites is 1. The Kier molecular flexibility index (Phi) is 6.15. The van der Waals surface area contributed by atoms with E-state index in [-0.39, 0.29) is 0 Å². The summed E-state index contributed by atoms with van der Waals surface area (Å²) in [5.41, 5.74) is 6.83. The van der Waals surface area contributed by atoms with E-state index in [1.165, 1.54) is 26.9 Å². The summed E-state index contributed by atoms with van der Waals surface area (Å²) in [6.45, 7) is 0. The van der Waals surface area contributed by atoms with Gasteiger partial charge >= 0.3 is 0 Å². The van der Waals surface area contributed by atoms with Crippen LogP contribution in [0, 0.1) is 0 Å². The first-order chi connectivity index (χ1) is 24.3. The molecule has 0 saturated heterocycles. The van der Waals surface area contributed by atoms with Crippen LogP contribution in [0.4, 0.5) is 0 Å². The van der Waals surface area contributed by atoms with Crippen molar-refractivity contribution in [3.05, 3.63) is 164 Å². The zero-order valence-corrected chi connectivity index (χ0v) is 26.3. The molecule has 8 aromatic carbocycles. The number of aromatic nitrogens is 3. The molecular formula is C45H27N3O. The van der Waals surface area contributed by atoms with Crippen molar-refractivity contribution in [2.45, 2.75) is 0 Å². The normalized spacial score (nSPS) is 11.7. The Morgan fingerprint density at radius 2 is 0.878 bits per heavy atom. The fourth-order valence-corrected chi connectivity index (χ4v) is 7.13. The van der Waals surface area contributed by atoms with Crippen molar-refractivity contribution in [2.75, 3.05) is 0 Å². The van der Waals surface area contributed by atoms with Crippen LogP contribution in [0.25, 0.3) is 99.5 Å². The molecule has 0 aliphatic rings. The van der Waals surface area contributed by atoms with Crippen LogP contribution in [0.5, 0.6) is 0 Å². The monoisotopic (exact) mass is 625 g/mol. The molecule has 0 atom stereocenters. The molecular weight excluding hydrogens is 599 g/mol. The van der Waals surface area contributed by atoms with Crippen LogP contribution in [-0.4, -0.2) is 15.0 Å². The molecule has 0 bridgehead atoms. The Hall–Kier alpha value is -6.65. The van der Waals surface area contributed by atoms with Crippen LogP contribution in [0.15, 0.2) is 168 Å². The van der Waals surface area contributed by atoms with Crippen molar-refractivity contribution in [2.24, 2.45) is 0 Å². The summed E-state index contributed by atoms with van der Waals surface area (Å²) >= 11 is 0. The van der Waals surface area contributed by atoms with E-state index in [1.54, 1.807) is 0 Å². The first-order valence-electron chi connectivity index (χ1n) is 16.4. The first-order valence-corrected chi connectivity index (χ1v) is 16.4. The molecule has 228 valence electrons. The third kappa shape index (κ3) is 4.57. The molecule has 2 aromatic heterocycles. The standard InChI is InChI=1S/C45H27N3O/c1-2-10-30(11-3-1)43-46-44(31-19-17-29(18-20-31)36-14-8-16-41-42(36)39-13-6-7-15-40(39)49-41)48-45(47-43)33-23-24-35-32(27-33)22-26-37-34-12-5-4-9-28(34)21-25-38(35)37/h1-27H. The summed E-state index contributed by atoms with van der Waals surface area (Å²) in [5.74, 6) is 1.92. The van der Waals surface area contributed by atoms with Gasteiger partial charge in [-0.1, -0.05) is 146 Å². The highest BCUT2D eigenvalue weighted by Crippen LogP contribution is 2.38. The summed E-state index contributed by atoms with van der Waals surface area (Å²) in [5, 5.41) is 9.60. The van der Waals surface area contributed by atoms with Crippen LogP contribution in [-0.2, 0) is 0 Å². The average molecular weight is 626 g/mol. The van der Waals surface area contributed by atoms with Crippen LogP contribution in [0.1, 0.15) is 0 Å². The van der Waals surface area contributed by atoms with Crippen LogP contribution in [0.3, 0.4) is 0 Å². The number of nitrogens with zero attached hydrogens (tertiary/aromatic N) is 3. The minimum absolute atomic E-state index is 0.632. The number of rotatable bonds is 4. The molecule has 10 aromatic rings. The van der Waals surface area contributed by atoms with E-state index >= 15 is 0 Å². The maximum absolute atomic E-state index is 6.16. The molecule has 0 aliphatic heterocycles. The summed E-state index contributed by atoms with van der Waals surface area (Å²) < 4.78 is 6.16. The van der Waals surface area contributed by atoms with E-state index in [2.05, 4.69) is 109 Å². The van der Waals surface area contributed by atoms with Crippen LogP contribution in [0.2, 0.25) is 0 Å². The molecule has 0 radical (unpaired) electrons. The van der Waals surface area contributed by atoms with Gasteiger partial charge in [-0.05, 0) is 61.6 Å². The zero-order valence-electron chi connectivity index (χ0n) is 26.3. The Morgan fingerprint density at radius 1 is 0.327 bits per heavy atom. The molecule has 4 heteroatoms. The van der Waals surface area contributed by atoms with Gasteiger partial charge in [-0.3, -0.25) is 0 Å². The predicted octanol–water partition coefficient (Wildman–Crippen LogP) is 11.9. The molecule has 10 rings (SSSR count). The molecule has 0 spiro atoms. The quantitative estimate of drug-likeness (QED) is 0.183. The van der Waals surface area contributed by atoms with Crippen molar-refractivity contribution in [3.63, 3.8) is 0 Å². The van der Waals surface area contributed by atoms with Gasteiger partial charge in [0.05, 0.1) is 0 Å². The molecule has 2 heterocycles. The molecule has 4 nitrogen and oxygen atoms in total. The van der Waals surface area contributed by atoms with Crippen LogP contribution < -0.4 is 0 Å². The summed E-state index contributed by atoms with van der Waals surface area (Å²) in [6.07, 6.45) is 0. The lowest BCUT2D eigenvalue weighted by atomic mass is 9.96. The number of hydrogen-bond donors (Lipinski definition) is 0. The summed E-state index contributed by atoms with van der Waals surface area (Å²) in [4.78, 5) is 15.0. The van der Waals surface area contributed by atoms with Crippen molar-refractivity contribution in [1.29, 1.82) is 0 Å². The van der Waals surface area contributed by atoms with Gasteiger partial charge in [-0.25, -0.2) is 15.0 Å². The molecule has 0 fully saturated rings. The first kappa shape index (κ1) is 27.5. The lowest BCUT2D eigenvalue weighted by molar-refractivity contribution is 0.669. The van der Waals surface area contributed by atoms with Crippen molar-refractivity contribution < 1.29 is 4.42 Å². The van der Waals surface area contributed by atoms with E-state index in [0.29, 0.717) is 17.5 Å². The van der Waals surface area contributed by atoms with Gasteiger partial charge in [0, 0.05) is 27.5 Å². The van der Waals surface area contributed by atoms with Gasteiger partial charge in [0.2, 0.25) is 0 Å². The van der Waals surface area contributed by atoms with Crippen molar-refractivity contribution in [1.82, 2.24) is 15.0 Å². The Bertz CT molecular complexity index is 2870. The molecule has 0 saturated carbocycles. The lowest BCUT2D eigenvalue weighted by Crippen LogP contribution is -2.00. The highest BCUT2D eigenvalue weighted by Gasteiger charge is 2.16. The maximum atomic E-state index is 6.16. The van der Waals surface area contributed by atoms with Gasteiger partial charge in [0.15, 0.2) is 17.5 Å². The van der Waals surface area contributed by atoms with E-state index in [9.17, 15) is 0 Å². The highest BCUT2D eigenvalue weighted by molar-refractivity contribution is 6.17. The van der Waals surface area contributed by atoms with Crippen molar-refractivity contribution in [3.8, 4) is 45.3 Å². The third-order valence-electron chi connectivity index (χ3n) is 9.52. The Labute approximate surface area is 282 Å². The van der Waals surface area contributed by atoms with E-state index < -0.39 is 0 Å². The zero-order chi connectivity index (χ0) is 32.3. The molecule has 49 heavy (non-hydrogen) atoms. The SMILES string of the molecule is c1ccc(-c2nc(-c3ccc(-c4cccc5oc6ccccc6c45)cc3)nc(-c3ccc4c(ccc5c6ccccc6ccc45)c3)n2)cc1. The largest absolute Gasteiger partial charge is 0.456 e. The van der Waals surface area contributed by atoms with Gasteiger partial charge in [-0.2, -0.15) is 0 Å². The van der Waals surface area contributed by atoms with E-state index in [4.69, 9.17) is 19.4 Å². The fourth-order valence-electron chi connectivity index (χ4n) is 7.13. The van der Waals surface area contributed by atoms with Gasteiger partial charge in [0.25, 0.3) is 0 Å². The fraction of sp³-hybridized carbons (Fsp3) is 0. The summed E-state index contributed by atoms with van der Waals surface area (Å²) in [7, 11) is 0. The van der Waals surface area contributed by atoms with Crippen LogP contribution >= 0.6 is 0 Å².